The van der Waals surface area contributed by atoms with E-state index in [2.05, 4.69) is 29.3 Å². The Hall–Kier alpha value is -2.59. The van der Waals surface area contributed by atoms with Crippen LogP contribution >= 0.6 is 11.6 Å². The molecule has 2 N–H and O–H groups in total. The first-order valence-corrected chi connectivity index (χ1v) is 11.8. The van der Waals surface area contributed by atoms with Gasteiger partial charge in [0, 0.05) is 18.0 Å². The first-order valence-electron chi connectivity index (χ1n) is 11.4. The SMILES string of the molecule is C=CCC(CC)(CC)C(=O)N[C@@H](Cc1ccc(Cl)cc1)C(=O)NCCCc1ccccc1. The third-order valence-corrected chi connectivity index (χ3v) is 6.38. The highest BCUT2D eigenvalue weighted by atomic mass is 35.5. The van der Waals surface area contributed by atoms with E-state index in [0.717, 1.165) is 18.4 Å². The van der Waals surface area contributed by atoms with E-state index in [9.17, 15) is 9.59 Å². The van der Waals surface area contributed by atoms with Crippen LogP contribution < -0.4 is 10.6 Å². The predicted molar refractivity (Wildman–Crippen MR) is 133 cm³/mol. The maximum absolute atomic E-state index is 13.2. The normalized spacial score (nSPS) is 12.1. The molecule has 0 radical (unpaired) electrons. The van der Waals surface area contributed by atoms with Gasteiger partial charge in [-0.2, -0.15) is 0 Å². The fourth-order valence-corrected chi connectivity index (χ4v) is 4.00. The van der Waals surface area contributed by atoms with E-state index in [1.165, 1.54) is 5.56 Å². The van der Waals surface area contributed by atoms with Crippen molar-refractivity contribution in [3.05, 3.63) is 83.4 Å². The molecule has 0 aliphatic heterocycles. The van der Waals surface area contributed by atoms with Gasteiger partial charge in [0.15, 0.2) is 0 Å². The zero-order chi connectivity index (χ0) is 23.4. The van der Waals surface area contributed by atoms with E-state index >= 15 is 0 Å². The fourth-order valence-electron chi connectivity index (χ4n) is 3.88. The van der Waals surface area contributed by atoms with Crippen LogP contribution in [-0.4, -0.2) is 24.4 Å². The van der Waals surface area contributed by atoms with E-state index in [-0.39, 0.29) is 11.8 Å². The van der Waals surface area contributed by atoms with Crippen LogP contribution in [0.1, 0.15) is 50.7 Å². The lowest BCUT2D eigenvalue weighted by molar-refractivity contribution is -0.135. The molecule has 0 saturated carbocycles. The number of hydrogen-bond acceptors (Lipinski definition) is 2. The van der Waals surface area contributed by atoms with Crippen LogP contribution in [0.5, 0.6) is 0 Å². The molecule has 0 bridgehead atoms. The molecule has 0 fully saturated rings. The monoisotopic (exact) mass is 454 g/mol. The number of carbonyl (C=O) groups excluding carboxylic acids is 2. The minimum absolute atomic E-state index is 0.0965. The van der Waals surface area contributed by atoms with Crippen LogP contribution in [0.4, 0.5) is 0 Å². The number of aryl methyl sites for hydroxylation is 1. The molecule has 1 atom stereocenters. The summed E-state index contributed by atoms with van der Waals surface area (Å²) in [5.41, 5.74) is 1.64. The van der Waals surface area contributed by atoms with Crippen LogP contribution in [-0.2, 0) is 22.4 Å². The molecule has 0 saturated heterocycles. The highest BCUT2D eigenvalue weighted by molar-refractivity contribution is 6.30. The molecule has 32 heavy (non-hydrogen) atoms. The minimum atomic E-state index is -0.650. The minimum Gasteiger partial charge on any atom is -0.354 e. The number of hydrogen-bond donors (Lipinski definition) is 2. The van der Waals surface area contributed by atoms with Gasteiger partial charge < -0.3 is 10.6 Å². The Morgan fingerprint density at radius 1 is 1.03 bits per heavy atom. The summed E-state index contributed by atoms with van der Waals surface area (Å²) < 4.78 is 0. The molecule has 2 rings (SSSR count). The van der Waals surface area contributed by atoms with Gasteiger partial charge in [-0.3, -0.25) is 9.59 Å². The third-order valence-electron chi connectivity index (χ3n) is 6.13. The highest BCUT2D eigenvalue weighted by Crippen LogP contribution is 2.31. The summed E-state index contributed by atoms with van der Waals surface area (Å²) in [6.07, 6.45) is 5.88. The molecule has 0 heterocycles. The zero-order valence-electron chi connectivity index (χ0n) is 19.2. The summed E-state index contributed by atoms with van der Waals surface area (Å²) >= 11 is 6.00. The molecule has 2 aromatic rings. The van der Waals surface area contributed by atoms with Gasteiger partial charge in [0.1, 0.15) is 6.04 Å². The lowest BCUT2D eigenvalue weighted by atomic mass is 9.78. The van der Waals surface area contributed by atoms with Crippen molar-refractivity contribution in [3.63, 3.8) is 0 Å². The van der Waals surface area contributed by atoms with E-state index in [1.54, 1.807) is 18.2 Å². The van der Waals surface area contributed by atoms with Crippen LogP contribution in [0.2, 0.25) is 5.02 Å². The second-order valence-corrected chi connectivity index (χ2v) is 8.65. The first kappa shape index (κ1) is 25.7. The van der Waals surface area contributed by atoms with Crippen molar-refractivity contribution < 1.29 is 9.59 Å². The Morgan fingerprint density at radius 3 is 2.28 bits per heavy atom. The van der Waals surface area contributed by atoms with Crippen LogP contribution in [0.15, 0.2) is 67.3 Å². The van der Waals surface area contributed by atoms with E-state index in [1.807, 2.05) is 44.2 Å². The Kier molecular flexibility index (Phi) is 10.5. The molecule has 2 aromatic carbocycles. The van der Waals surface area contributed by atoms with Crippen molar-refractivity contribution in [1.82, 2.24) is 10.6 Å². The molecule has 172 valence electrons. The Balaban J connectivity index is 2.06. The highest BCUT2D eigenvalue weighted by Gasteiger charge is 2.35. The second kappa shape index (κ2) is 13.1. The number of rotatable bonds is 13. The lowest BCUT2D eigenvalue weighted by Gasteiger charge is -2.31. The number of carbonyl (C=O) groups is 2. The van der Waals surface area contributed by atoms with Crippen molar-refractivity contribution in [2.75, 3.05) is 6.54 Å². The summed E-state index contributed by atoms with van der Waals surface area (Å²) in [5.74, 6) is -0.262. The molecule has 0 aliphatic rings. The first-order chi connectivity index (χ1) is 15.4. The van der Waals surface area contributed by atoms with Crippen LogP contribution in [0.25, 0.3) is 0 Å². The van der Waals surface area contributed by atoms with Gasteiger partial charge in [0.2, 0.25) is 11.8 Å². The Bertz CT molecular complexity index is 861. The van der Waals surface area contributed by atoms with Crippen molar-refractivity contribution in [1.29, 1.82) is 0 Å². The molecule has 0 aliphatic carbocycles. The molecule has 4 nitrogen and oxygen atoms in total. The summed E-state index contributed by atoms with van der Waals surface area (Å²) in [6.45, 7) is 8.38. The summed E-state index contributed by atoms with van der Waals surface area (Å²) in [4.78, 5) is 26.3. The van der Waals surface area contributed by atoms with E-state index in [0.29, 0.717) is 37.3 Å². The van der Waals surface area contributed by atoms with Crippen molar-refractivity contribution in [2.45, 2.75) is 58.4 Å². The molecular formula is C27H35ClN2O2. The summed E-state index contributed by atoms with van der Waals surface area (Å²) in [5, 5.41) is 6.68. The molecule has 0 aromatic heterocycles. The summed E-state index contributed by atoms with van der Waals surface area (Å²) in [6, 6.07) is 16.9. The van der Waals surface area contributed by atoms with Crippen LogP contribution in [0, 0.1) is 5.41 Å². The molecule has 5 heteroatoms. The van der Waals surface area contributed by atoms with Gasteiger partial charge in [-0.1, -0.05) is 74.0 Å². The van der Waals surface area contributed by atoms with Gasteiger partial charge in [-0.05, 0) is 55.4 Å². The summed E-state index contributed by atoms with van der Waals surface area (Å²) in [7, 11) is 0. The molecule has 0 unspecified atom stereocenters. The van der Waals surface area contributed by atoms with Gasteiger partial charge >= 0.3 is 0 Å². The number of amides is 2. The Labute approximate surface area is 197 Å². The smallest absolute Gasteiger partial charge is 0.242 e. The van der Waals surface area contributed by atoms with Gasteiger partial charge in [-0.25, -0.2) is 0 Å². The van der Waals surface area contributed by atoms with Gasteiger partial charge in [-0.15, -0.1) is 6.58 Å². The van der Waals surface area contributed by atoms with Crippen molar-refractivity contribution >= 4 is 23.4 Å². The fraction of sp³-hybridized carbons (Fsp3) is 0.407. The maximum atomic E-state index is 13.2. The molecule has 2 amide bonds. The molecule has 0 spiro atoms. The van der Waals surface area contributed by atoms with E-state index < -0.39 is 11.5 Å². The molecular weight excluding hydrogens is 420 g/mol. The predicted octanol–water partition coefficient (Wildman–Crippen LogP) is 5.50. The third kappa shape index (κ3) is 7.52. The van der Waals surface area contributed by atoms with E-state index in [4.69, 9.17) is 11.6 Å². The number of benzene rings is 2. The lowest BCUT2D eigenvalue weighted by Crippen LogP contribution is -2.52. The maximum Gasteiger partial charge on any atom is 0.242 e. The number of halogens is 1. The number of allylic oxidation sites excluding steroid dienone is 1. The van der Waals surface area contributed by atoms with Gasteiger partial charge in [0.25, 0.3) is 0 Å². The standard InChI is InChI=1S/C27H35ClN2O2/c1-4-18-27(5-2,6-3)26(32)30-24(20-22-14-16-23(28)17-15-22)25(31)29-19-10-13-21-11-8-7-9-12-21/h4,7-9,11-12,14-17,24H,1,5-6,10,13,18-20H2,2-3H3,(H,29,31)(H,30,32)/t24-/m0/s1. The van der Waals surface area contributed by atoms with Crippen molar-refractivity contribution in [3.8, 4) is 0 Å². The van der Waals surface area contributed by atoms with Gasteiger partial charge in [0.05, 0.1) is 5.41 Å². The Morgan fingerprint density at radius 2 is 1.69 bits per heavy atom. The largest absolute Gasteiger partial charge is 0.354 e. The number of nitrogens with one attached hydrogen (secondary N) is 2. The topological polar surface area (TPSA) is 58.2 Å². The van der Waals surface area contributed by atoms with Crippen molar-refractivity contribution in [2.24, 2.45) is 5.41 Å². The average molecular weight is 455 g/mol. The van der Waals surface area contributed by atoms with Crippen LogP contribution in [0.3, 0.4) is 0 Å². The zero-order valence-corrected chi connectivity index (χ0v) is 20.0. The average Bonchev–Trinajstić information content (AvgIpc) is 2.81. The second-order valence-electron chi connectivity index (χ2n) is 8.22. The quantitative estimate of drug-likeness (QED) is 0.310.